The molecule has 2 aromatic carbocycles. The number of amides is 1. The van der Waals surface area contributed by atoms with Crippen LogP contribution in [0.5, 0.6) is 11.5 Å². The third-order valence-corrected chi connectivity index (χ3v) is 4.98. The predicted molar refractivity (Wildman–Crippen MR) is 108 cm³/mol. The number of ether oxygens (including phenoxy) is 3. The summed E-state index contributed by atoms with van der Waals surface area (Å²) in [5.74, 6) is -0.236. The van der Waals surface area contributed by atoms with Crippen molar-refractivity contribution in [1.82, 2.24) is 0 Å². The molecule has 0 saturated heterocycles. The van der Waals surface area contributed by atoms with Gasteiger partial charge >= 0.3 is 11.6 Å². The van der Waals surface area contributed by atoms with Gasteiger partial charge in [-0.1, -0.05) is 6.07 Å². The third kappa shape index (κ3) is 3.36. The number of aryl methyl sites for hydroxylation is 1. The molecule has 1 aromatic heterocycles. The van der Waals surface area contributed by atoms with E-state index in [4.69, 9.17) is 18.6 Å². The molecular formula is C22H19NO7. The lowest BCUT2D eigenvalue weighted by atomic mass is 10.0. The van der Waals surface area contributed by atoms with Gasteiger partial charge < -0.3 is 23.9 Å². The topological polar surface area (TPSA) is 104 Å². The number of hydrogen-bond donors (Lipinski definition) is 1. The van der Waals surface area contributed by atoms with Crippen LogP contribution in [0, 0.1) is 6.92 Å². The smallest absolute Gasteiger partial charge is 0.343 e. The van der Waals surface area contributed by atoms with Crippen LogP contribution in [-0.4, -0.2) is 26.1 Å². The molecule has 1 atom stereocenters. The van der Waals surface area contributed by atoms with Crippen LogP contribution in [0.4, 0.5) is 5.69 Å². The molecule has 0 saturated carbocycles. The molecule has 0 fully saturated rings. The first-order valence-electron chi connectivity index (χ1n) is 9.21. The van der Waals surface area contributed by atoms with Gasteiger partial charge in [0.2, 0.25) is 5.91 Å². The summed E-state index contributed by atoms with van der Waals surface area (Å²) in [7, 11) is 2.91. The molecule has 1 unspecified atom stereocenters. The van der Waals surface area contributed by atoms with E-state index in [-0.39, 0.29) is 23.6 Å². The van der Waals surface area contributed by atoms with Crippen molar-refractivity contribution in [2.75, 3.05) is 19.5 Å². The van der Waals surface area contributed by atoms with Gasteiger partial charge in [-0.3, -0.25) is 4.79 Å². The standard InChI is InChI=1S/C22H19NO7/c1-11-8-19(25)29-16-9-12(4-5-13(11)16)23-18(24)10-17-14-6-7-15(27-2)21(28-3)20(14)22(26)30-17/h4-9,17H,10H2,1-3H3,(H,23,24). The fourth-order valence-electron chi connectivity index (χ4n) is 3.61. The number of carbonyl (C=O) groups is 2. The molecule has 0 bridgehead atoms. The van der Waals surface area contributed by atoms with Gasteiger partial charge in [0.25, 0.3) is 0 Å². The quantitative estimate of drug-likeness (QED) is 0.509. The summed E-state index contributed by atoms with van der Waals surface area (Å²) in [5.41, 5.74) is 2.01. The highest BCUT2D eigenvalue weighted by Crippen LogP contribution is 2.43. The van der Waals surface area contributed by atoms with Crippen molar-refractivity contribution >= 4 is 28.5 Å². The molecule has 1 amide bonds. The Hall–Kier alpha value is -3.81. The number of fused-ring (bicyclic) bond motifs is 2. The molecule has 3 aromatic rings. The largest absolute Gasteiger partial charge is 0.493 e. The number of carbonyl (C=O) groups excluding carboxylic acids is 2. The molecule has 2 heterocycles. The van der Waals surface area contributed by atoms with E-state index in [0.717, 1.165) is 10.9 Å². The van der Waals surface area contributed by atoms with Crippen LogP contribution >= 0.6 is 0 Å². The Morgan fingerprint density at radius 3 is 2.63 bits per heavy atom. The second-order valence-electron chi connectivity index (χ2n) is 6.87. The summed E-state index contributed by atoms with van der Waals surface area (Å²) in [6, 6.07) is 9.84. The molecule has 0 radical (unpaired) electrons. The van der Waals surface area contributed by atoms with E-state index >= 15 is 0 Å². The first kappa shape index (κ1) is 19.5. The molecule has 8 heteroatoms. The average molecular weight is 409 g/mol. The number of anilines is 1. The van der Waals surface area contributed by atoms with Gasteiger partial charge in [-0.15, -0.1) is 0 Å². The Labute approximate surface area is 171 Å². The van der Waals surface area contributed by atoms with Gasteiger partial charge in [-0.25, -0.2) is 9.59 Å². The minimum Gasteiger partial charge on any atom is -0.493 e. The first-order valence-corrected chi connectivity index (χ1v) is 9.21. The van der Waals surface area contributed by atoms with Gasteiger partial charge in [0.15, 0.2) is 11.5 Å². The highest BCUT2D eigenvalue weighted by Gasteiger charge is 2.36. The Kier molecular flexibility index (Phi) is 4.91. The van der Waals surface area contributed by atoms with Gasteiger partial charge in [-0.2, -0.15) is 0 Å². The summed E-state index contributed by atoms with van der Waals surface area (Å²) >= 11 is 0. The minimum atomic E-state index is -0.743. The van der Waals surface area contributed by atoms with Crippen molar-refractivity contribution in [2.24, 2.45) is 0 Å². The summed E-state index contributed by atoms with van der Waals surface area (Å²) in [6.07, 6.45) is -0.822. The van der Waals surface area contributed by atoms with Gasteiger partial charge in [0.05, 0.1) is 20.6 Å². The van der Waals surface area contributed by atoms with Crippen molar-refractivity contribution in [3.8, 4) is 11.5 Å². The van der Waals surface area contributed by atoms with Crippen LogP contribution in [-0.2, 0) is 9.53 Å². The fourth-order valence-corrected chi connectivity index (χ4v) is 3.61. The van der Waals surface area contributed by atoms with Crippen molar-refractivity contribution < 1.29 is 28.2 Å². The van der Waals surface area contributed by atoms with Crippen LogP contribution in [0.1, 0.15) is 34.0 Å². The fraction of sp³-hybridized carbons (Fsp3) is 0.227. The molecule has 4 rings (SSSR count). The number of methoxy groups -OCH3 is 2. The molecule has 1 aliphatic rings. The lowest BCUT2D eigenvalue weighted by Gasteiger charge is -2.13. The van der Waals surface area contributed by atoms with Crippen molar-refractivity contribution in [1.29, 1.82) is 0 Å². The highest BCUT2D eigenvalue weighted by atomic mass is 16.6. The average Bonchev–Trinajstić information content (AvgIpc) is 3.02. The highest BCUT2D eigenvalue weighted by molar-refractivity contribution is 6.00. The zero-order valence-corrected chi connectivity index (χ0v) is 16.6. The molecular weight excluding hydrogens is 390 g/mol. The number of hydrogen-bond acceptors (Lipinski definition) is 7. The van der Waals surface area contributed by atoms with Crippen LogP contribution < -0.4 is 20.4 Å². The number of nitrogens with one attached hydrogen (secondary N) is 1. The second kappa shape index (κ2) is 7.55. The molecule has 0 aliphatic carbocycles. The number of rotatable bonds is 5. The first-order chi connectivity index (χ1) is 14.4. The maximum absolute atomic E-state index is 12.6. The number of esters is 1. The Morgan fingerprint density at radius 1 is 1.10 bits per heavy atom. The summed E-state index contributed by atoms with van der Waals surface area (Å²) in [4.78, 5) is 36.5. The zero-order valence-electron chi connectivity index (χ0n) is 16.6. The summed E-state index contributed by atoms with van der Waals surface area (Å²) in [5, 5.41) is 3.53. The third-order valence-electron chi connectivity index (χ3n) is 4.98. The van der Waals surface area contributed by atoms with E-state index in [1.54, 1.807) is 30.3 Å². The van der Waals surface area contributed by atoms with Gasteiger partial charge in [-0.05, 0) is 30.7 Å². The van der Waals surface area contributed by atoms with Crippen LogP contribution in [0.3, 0.4) is 0 Å². The van der Waals surface area contributed by atoms with E-state index in [9.17, 15) is 14.4 Å². The zero-order chi connectivity index (χ0) is 21.4. The number of cyclic esters (lactones) is 1. The van der Waals surface area contributed by atoms with Crippen molar-refractivity contribution in [2.45, 2.75) is 19.4 Å². The molecule has 1 aliphatic heterocycles. The summed E-state index contributed by atoms with van der Waals surface area (Å²) < 4.78 is 21.1. The lowest BCUT2D eigenvalue weighted by Crippen LogP contribution is -2.15. The van der Waals surface area contributed by atoms with Crippen molar-refractivity contribution in [3.05, 3.63) is 63.5 Å². The van der Waals surface area contributed by atoms with Crippen LogP contribution in [0.25, 0.3) is 11.0 Å². The minimum absolute atomic E-state index is 0.0793. The Bertz CT molecular complexity index is 1230. The van der Waals surface area contributed by atoms with E-state index < -0.39 is 17.7 Å². The maximum atomic E-state index is 12.6. The molecule has 154 valence electrons. The van der Waals surface area contributed by atoms with E-state index in [2.05, 4.69) is 5.32 Å². The lowest BCUT2D eigenvalue weighted by molar-refractivity contribution is -0.118. The molecule has 0 spiro atoms. The Morgan fingerprint density at radius 2 is 1.90 bits per heavy atom. The van der Waals surface area contributed by atoms with Crippen LogP contribution in [0.2, 0.25) is 0 Å². The van der Waals surface area contributed by atoms with E-state index in [0.29, 0.717) is 22.6 Å². The normalized spacial score (nSPS) is 14.9. The Balaban J connectivity index is 1.55. The van der Waals surface area contributed by atoms with Crippen LogP contribution in [0.15, 0.2) is 45.6 Å². The predicted octanol–water partition coefficient (Wildman–Crippen LogP) is 3.36. The van der Waals surface area contributed by atoms with Gasteiger partial charge in [0.1, 0.15) is 17.3 Å². The van der Waals surface area contributed by atoms with E-state index in [1.165, 1.54) is 20.3 Å². The SMILES string of the molecule is COc1ccc2c(c1OC)C(=O)OC2CC(=O)Nc1ccc2c(C)cc(=O)oc2c1. The monoisotopic (exact) mass is 409 g/mol. The van der Waals surface area contributed by atoms with E-state index in [1.807, 2.05) is 6.92 Å². The van der Waals surface area contributed by atoms with Crippen molar-refractivity contribution in [3.63, 3.8) is 0 Å². The van der Waals surface area contributed by atoms with Gasteiger partial charge in [0, 0.05) is 28.8 Å². The maximum Gasteiger partial charge on any atom is 0.343 e. The number of benzene rings is 2. The molecule has 30 heavy (non-hydrogen) atoms. The second-order valence-corrected chi connectivity index (χ2v) is 6.87. The molecule has 8 nitrogen and oxygen atoms in total. The summed E-state index contributed by atoms with van der Waals surface area (Å²) in [6.45, 7) is 1.81. The molecule has 1 N–H and O–H groups in total.